The van der Waals surface area contributed by atoms with Crippen LogP contribution in [-0.4, -0.2) is 50.3 Å². The number of ether oxygens (including phenoxy) is 5. The van der Waals surface area contributed by atoms with E-state index in [9.17, 15) is 5.11 Å². The molecule has 0 bridgehead atoms. The molecular weight excluding hydrogens is 408 g/mol. The minimum atomic E-state index is -1.13. The highest BCUT2D eigenvalue weighted by Gasteiger charge is 2.30. The van der Waals surface area contributed by atoms with Crippen LogP contribution in [0.2, 0.25) is 0 Å². The molecule has 0 atom stereocenters. The zero-order valence-corrected chi connectivity index (χ0v) is 19.1. The monoisotopic (exact) mass is 444 g/mol. The SMILES string of the molecule is CCCCCCCC1(O)COc2ccccc2OCCOCCOc2ccccc2OC1. The molecule has 0 fully saturated rings. The first-order valence-corrected chi connectivity index (χ1v) is 11.7. The third-order valence-corrected chi connectivity index (χ3v) is 5.41. The number of para-hydroxylation sites is 4. The van der Waals surface area contributed by atoms with Crippen molar-refractivity contribution < 1.29 is 28.8 Å². The summed E-state index contributed by atoms with van der Waals surface area (Å²) in [6.45, 7) is 4.11. The minimum absolute atomic E-state index is 0.112. The molecule has 0 saturated carbocycles. The number of unbranched alkanes of at least 4 members (excludes halogenated alkanes) is 4. The summed E-state index contributed by atoms with van der Waals surface area (Å²) in [5, 5.41) is 11.4. The van der Waals surface area contributed by atoms with Gasteiger partial charge < -0.3 is 28.8 Å². The van der Waals surface area contributed by atoms with E-state index in [-0.39, 0.29) is 13.2 Å². The average Bonchev–Trinajstić information content (AvgIpc) is 2.81. The molecule has 0 radical (unpaired) electrons. The maximum atomic E-state index is 11.4. The molecule has 0 unspecified atom stereocenters. The lowest BCUT2D eigenvalue weighted by atomic mass is 9.97. The maximum Gasteiger partial charge on any atom is 0.161 e. The van der Waals surface area contributed by atoms with Crippen LogP contribution in [0.1, 0.15) is 45.4 Å². The van der Waals surface area contributed by atoms with Crippen LogP contribution in [0.5, 0.6) is 23.0 Å². The third kappa shape index (κ3) is 7.92. The Morgan fingerprint density at radius 2 is 1.12 bits per heavy atom. The van der Waals surface area contributed by atoms with Gasteiger partial charge in [-0.3, -0.25) is 0 Å². The number of fused-ring (bicyclic) bond motifs is 2. The van der Waals surface area contributed by atoms with Gasteiger partial charge in [0, 0.05) is 0 Å². The molecule has 6 nitrogen and oxygen atoms in total. The number of aliphatic hydroxyl groups is 1. The molecule has 176 valence electrons. The predicted molar refractivity (Wildman–Crippen MR) is 124 cm³/mol. The van der Waals surface area contributed by atoms with E-state index in [0.29, 0.717) is 55.8 Å². The van der Waals surface area contributed by atoms with Gasteiger partial charge in [0.15, 0.2) is 23.0 Å². The third-order valence-electron chi connectivity index (χ3n) is 5.41. The van der Waals surface area contributed by atoms with E-state index in [1.165, 1.54) is 19.3 Å². The Balaban J connectivity index is 1.74. The standard InChI is InChI=1S/C26H36O6/c1-2-3-4-5-10-15-26(27)20-31-24-13-8-6-11-22(24)29-18-16-28-17-19-30-23-12-7-9-14-25(23)32-21-26/h6-9,11-14,27H,2-5,10,15-21H2,1H3. The molecule has 0 spiro atoms. The fourth-order valence-electron chi connectivity index (χ4n) is 3.57. The molecule has 6 heteroatoms. The van der Waals surface area contributed by atoms with Crippen LogP contribution in [0, 0.1) is 0 Å². The van der Waals surface area contributed by atoms with Gasteiger partial charge in [-0.1, -0.05) is 63.3 Å². The number of hydrogen-bond donors (Lipinski definition) is 1. The summed E-state index contributed by atoms with van der Waals surface area (Å²) in [5.41, 5.74) is -1.13. The van der Waals surface area contributed by atoms with E-state index in [0.717, 1.165) is 12.8 Å². The molecule has 1 aliphatic heterocycles. The Hall–Kier alpha value is -2.44. The molecule has 0 amide bonds. The summed E-state index contributed by atoms with van der Waals surface area (Å²) in [6, 6.07) is 15.0. The van der Waals surface area contributed by atoms with Gasteiger partial charge in [-0.05, 0) is 30.7 Å². The van der Waals surface area contributed by atoms with Crippen molar-refractivity contribution in [1.82, 2.24) is 0 Å². The van der Waals surface area contributed by atoms with Crippen LogP contribution in [0.4, 0.5) is 0 Å². The Morgan fingerprint density at radius 1 is 0.656 bits per heavy atom. The Kier molecular flexibility index (Phi) is 9.98. The lowest BCUT2D eigenvalue weighted by molar-refractivity contribution is -0.0486. The smallest absolute Gasteiger partial charge is 0.161 e. The summed E-state index contributed by atoms with van der Waals surface area (Å²) < 4.78 is 29.4. The second-order valence-corrected chi connectivity index (χ2v) is 8.17. The van der Waals surface area contributed by atoms with Gasteiger partial charge in [-0.25, -0.2) is 0 Å². The van der Waals surface area contributed by atoms with Crippen LogP contribution in [0.15, 0.2) is 48.5 Å². The van der Waals surface area contributed by atoms with E-state index in [4.69, 9.17) is 23.7 Å². The Bertz CT molecular complexity index is 738. The van der Waals surface area contributed by atoms with Crippen LogP contribution in [0.25, 0.3) is 0 Å². The quantitative estimate of drug-likeness (QED) is 0.631. The number of hydrogen-bond acceptors (Lipinski definition) is 6. The van der Waals surface area contributed by atoms with Crippen LogP contribution in [0.3, 0.4) is 0 Å². The van der Waals surface area contributed by atoms with E-state index in [2.05, 4.69) is 6.92 Å². The second-order valence-electron chi connectivity index (χ2n) is 8.17. The van der Waals surface area contributed by atoms with Crippen LogP contribution in [-0.2, 0) is 4.74 Å². The van der Waals surface area contributed by atoms with Crippen LogP contribution < -0.4 is 18.9 Å². The van der Waals surface area contributed by atoms with Gasteiger partial charge in [-0.15, -0.1) is 0 Å². The molecule has 0 aliphatic carbocycles. The maximum absolute atomic E-state index is 11.4. The fourth-order valence-corrected chi connectivity index (χ4v) is 3.57. The first-order chi connectivity index (χ1) is 15.7. The van der Waals surface area contributed by atoms with Crippen molar-refractivity contribution in [2.75, 3.05) is 39.6 Å². The van der Waals surface area contributed by atoms with Crippen molar-refractivity contribution in [2.24, 2.45) is 0 Å². The molecule has 3 rings (SSSR count). The Morgan fingerprint density at radius 3 is 1.62 bits per heavy atom. The summed E-state index contributed by atoms with van der Waals surface area (Å²) in [6.07, 6.45) is 6.16. The largest absolute Gasteiger partial charge is 0.487 e. The molecule has 0 saturated heterocycles. The number of rotatable bonds is 6. The van der Waals surface area contributed by atoms with Crippen molar-refractivity contribution in [2.45, 2.75) is 51.0 Å². The van der Waals surface area contributed by atoms with Crippen molar-refractivity contribution in [3.05, 3.63) is 48.5 Å². The highest BCUT2D eigenvalue weighted by molar-refractivity contribution is 5.40. The molecule has 2 aromatic rings. The minimum Gasteiger partial charge on any atom is -0.487 e. The van der Waals surface area contributed by atoms with Gasteiger partial charge in [0.05, 0.1) is 13.2 Å². The summed E-state index contributed by atoms with van der Waals surface area (Å²) in [4.78, 5) is 0. The second kappa shape index (κ2) is 13.2. The van der Waals surface area contributed by atoms with E-state index in [1.54, 1.807) is 0 Å². The topological polar surface area (TPSA) is 66.4 Å². The van der Waals surface area contributed by atoms with E-state index < -0.39 is 5.60 Å². The van der Waals surface area contributed by atoms with E-state index in [1.807, 2.05) is 48.5 Å². The van der Waals surface area contributed by atoms with Gasteiger partial charge in [-0.2, -0.15) is 0 Å². The van der Waals surface area contributed by atoms with Crippen LogP contribution >= 0.6 is 0 Å². The van der Waals surface area contributed by atoms with Gasteiger partial charge in [0.25, 0.3) is 0 Å². The molecule has 2 aromatic carbocycles. The van der Waals surface area contributed by atoms with Gasteiger partial charge in [0.1, 0.15) is 32.0 Å². The first kappa shape index (κ1) is 24.2. The average molecular weight is 445 g/mol. The lowest BCUT2D eigenvalue weighted by Gasteiger charge is -2.29. The normalized spacial score (nSPS) is 16.9. The van der Waals surface area contributed by atoms with Gasteiger partial charge in [0.2, 0.25) is 0 Å². The summed E-state index contributed by atoms with van der Waals surface area (Å²) in [5.74, 6) is 2.48. The Labute approximate surface area is 191 Å². The molecule has 0 aromatic heterocycles. The molecule has 32 heavy (non-hydrogen) atoms. The molecular formula is C26H36O6. The zero-order chi connectivity index (χ0) is 22.5. The highest BCUT2D eigenvalue weighted by Crippen LogP contribution is 2.31. The predicted octanol–water partition coefficient (Wildman–Crippen LogP) is 5.02. The van der Waals surface area contributed by atoms with Crippen molar-refractivity contribution in [3.63, 3.8) is 0 Å². The fraction of sp³-hybridized carbons (Fsp3) is 0.538. The molecule has 1 aliphatic rings. The van der Waals surface area contributed by atoms with E-state index >= 15 is 0 Å². The van der Waals surface area contributed by atoms with Gasteiger partial charge >= 0.3 is 0 Å². The van der Waals surface area contributed by atoms with Crippen molar-refractivity contribution in [1.29, 1.82) is 0 Å². The highest BCUT2D eigenvalue weighted by atomic mass is 16.6. The molecule has 1 N–H and O–H groups in total. The first-order valence-electron chi connectivity index (χ1n) is 11.7. The number of benzene rings is 2. The van der Waals surface area contributed by atoms with Crippen molar-refractivity contribution in [3.8, 4) is 23.0 Å². The lowest BCUT2D eigenvalue weighted by Crippen LogP contribution is -2.42. The molecule has 1 heterocycles. The van der Waals surface area contributed by atoms with Crippen molar-refractivity contribution >= 4 is 0 Å². The summed E-state index contributed by atoms with van der Waals surface area (Å²) >= 11 is 0. The summed E-state index contributed by atoms with van der Waals surface area (Å²) in [7, 11) is 0. The zero-order valence-electron chi connectivity index (χ0n) is 19.1.